The van der Waals surface area contributed by atoms with Gasteiger partial charge >= 0.3 is 0 Å². The van der Waals surface area contributed by atoms with Crippen molar-refractivity contribution in [3.8, 4) is 0 Å². The van der Waals surface area contributed by atoms with Crippen LogP contribution in [-0.4, -0.2) is 59.1 Å². The highest BCUT2D eigenvalue weighted by Crippen LogP contribution is 2.11. The van der Waals surface area contributed by atoms with Crippen LogP contribution in [0.3, 0.4) is 0 Å². The highest BCUT2D eigenvalue weighted by atomic mass is 16.5. The number of aliphatic hydroxyl groups is 1. The second-order valence-corrected chi connectivity index (χ2v) is 3.62. The molecule has 17 heavy (non-hydrogen) atoms. The minimum absolute atomic E-state index is 0.109. The molecule has 1 heterocycles. The Bertz CT molecular complexity index is 378. The SMILES string of the molecule is COCCN(CCO)C(=O)c1nn(C)cc1N. The van der Waals surface area contributed by atoms with Gasteiger partial charge in [-0.05, 0) is 0 Å². The van der Waals surface area contributed by atoms with E-state index in [1.54, 1.807) is 20.4 Å². The number of nitrogens with two attached hydrogens (primary N) is 1. The predicted molar refractivity (Wildman–Crippen MR) is 62.5 cm³/mol. The van der Waals surface area contributed by atoms with Crippen LogP contribution in [0.25, 0.3) is 0 Å². The quantitative estimate of drug-likeness (QED) is 0.673. The normalized spacial score (nSPS) is 10.5. The lowest BCUT2D eigenvalue weighted by molar-refractivity contribution is 0.0651. The van der Waals surface area contributed by atoms with Gasteiger partial charge in [0.25, 0.3) is 5.91 Å². The maximum atomic E-state index is 12.1. The van der Waals surface area contributed by atoms with Crippen LogP contribution in [0.4, 0.5) is 5.69 Å². The molecule has 0 aliphatic rings. The summed E-state index contributed by atoms with van der Waals surface area (Å²) in [5.74, 6) is -0.297. The van der Waals surface area contributed by atoms with Crippen molar-refractivity contribution in [1.29, 1.82) is 0 Å². The average Bonchev–Trinajstić information content (AvgIpc) is 2.63. The van der Waals surface area contributed by atoms with Crippen LogP contribution in [0.5, 0.6) is 0 Å². The summed E-state index contributed by atoms with van der Waals surface area (Å²) in [6, 6.07) is 0. The standard InChI is InChI=1S/C10H18N4O3/c1-13-7-8(11)9(12-13)10(16)14(3-5-15)4-6-17-2/h7,15H,3-6,11H2,1-2H3. The number of anilines is 1. The summed E-state index contributed by atoms with van der Waals surface area (Å²) in [6.45, 7) is 0.921. The first-order valence-electron chi connectivity index (χ1n) is 5.28. The lowest BCUT2D eigenvalue weighted by Gasteiger charge is -2.20. The molecular weight excluding hydrogens is 224 g/mol. The molecule has 0 aromatic carbocycles. The molecule has 0 aliphatic heterocycles. The van der Waals surface area contributed by atoms with Crippen molar-refractivity contribution in [2.75, 3.05) is 39.1 Å². The molecule has 0 atom stereocenters. The summed E-state index contributed by atoms with van der Waals surface area (Å²) in [6.07, 6.45) is 1.57. The lowest BCUT2D eigenvalue weighted by atomic mass is 10.3. The Hall–Kier alpha value is -1.60. The van der Waals surface area contributed by atoms with Gasteiger partial charge in [0.15, 0.2) is 5.69 Å². The Morgan fingerprint density at radius 3 is 2.82 bits per heavy atom. The van der Waals surface area contributed by atoms with E-state index in [0.717, 1.165) is 0 Å². The van der Waals surface area contributed by atoms with E-state index in [1.165, 1.54) is 9.58 Å². The molecule has 0 saturated carbocycles. The van der Waals surface area contributed by atoms with Crippen LogP contribution in [-0.2, 0) is 11.8 Å². The van der Waals surface area contributed by atoms with Crippen molar-refractivity contribution in [3.05, 3.63) is 11.9 Å². The molecule has 1 rings (SSSR count). The van der Waals surface area contributed by atoms with Gasteiger partial charge in [0, 0.05) is 33.4 Å². The second-order valence-electron chi connectivity index (χ2n) is 3.62. The molecule has 1 aromatic heterocycles. The van der Waals surface area contributed by atoms with Gasteiger partial charge in [0.2, 0.25) is 0 Å². The van der Waals surface area contributed by atoms with Gasteiger partial charge in [-0.1, -0.05) is 0 Å². The van der Waals surface area contributed by atoms with Crippen LogP contribution in [0.2, 0.25) is 0 Å². The molecule has 7 nitrogen and oxygen atoms in total. The zero-order chi connectivity index (χ0) is 12.8. The summed E-state index contributed by atoms with van der Waals surface area (Å²) < 4.78 is 6.39. The molecule has 0 unspecified atom stereocenters. The Morgan fingerprint density at radius 1 is 1.65 bits per heavy atom. The average molecular weight is 242 g/mol. The molecule has 3 N–H and O–H groups in total. The number of aryl methyl sites for hydroxylation is 1. The largest absolute Gasteiger partial charge is 0.396 e. The summed E-state index contributed by atoms with van der Waals surface area (Å²) in [5.41, 5.74) is 6.22. The van der Waals surface area contributed by atoms with Gasteiger partial charge in [0.05, 0.1) is 18.9 Å². The number of hydrogen-bond acceptors (Lipinski definition) is 5. The van der Waals surface area contributed by atoms with Gasteiger partial charge in [-0.3, -0.25) is 9.48 Å². The molecule has 1 amide bonds. The third kappa shape index (κ3) is 3.43. The van der Waals surface area contributed by atoms with Gasteiger partial charge in [-0.2, -0.15) is 5.10 Å². The maximum absolute atomic E-state index is 12.1. The summed E-state index contributed by atoms with van der Waals surface area (Å²) in [7, 11) is 3.25. The molecule has 1 aromatic rings. The molecule has 0 aliphatic carbocycles. The first kappa shape index (κ1) is 13.5. The van der Waals surface area contributed by atoms with Gasteiger partial charge in [0.1, 0.15) is 0 Å². The number of aromatic nitrogens is 2. The van der Waals surface area contributed by atoms with E-state index in [2.05, 4.69) is 5.10 Å². The van der Waals surface area contributed by atoms with E-state index in [0.29, 0.717) is 18.8 Å². The van der Waals surface area contributed by atoms with Gasteiger partial charge in [-0.25, -0.2) is 0 Å². The summed E-state index contributed by atoms with van der Waals surface area (Å²) >= 11 is 0. The van der Waals surface area contributed by atoms with Crippen LogP contribution in [0.1, 0.15) is 10.5 Å². The number of nitrogen functional groups attached to an aromatic ring is 1. The topological polar surface area (TPSA) is 93.6 Å². The molecule has 0 spiro atoms. The minimum atomic E-state index is -0.297. The summed E-state index contributed by atoms with van der Waals surface area (Å²) in [4.78, 5) is 13.5. The number of methoxy groups -OCH3 is 1. The first-order valence-corrected chi connectivity index (χ1v) is 5.28. The molecule has 96 valence electrons. The predicted octanol–water partition coefficient (Wildman–Crippen LogP) is -0.917. The first-order chi connectivity index (χ1) is 8.10. The minimum Gasteiger partial charge on any atom is -0.396 e. The number of carbonyl (C=O) groups is 1. The van der Waals surface area contributed by atoms with Crippen molar-refractivity contribution >= 4 is 11.6 Å². The molecule has 0 fully saturated rings. The molecule has 0 saturated heterocycles. The molecule has 0 radical (unpaired) electrons. The van der Waals surface area contributed by atoms with Crippen LogP contribution in [0, 0.1) is 0 Å². The monoisotopic (exact) mass is 242 g/mol. The fourth-order valence-corrected chi connectivity index (χ4v) is 1.46. The Kier molecular flexibility index (Phi) is 4.92. The van der Waals surface area contributed by atoms with Crippen molar-refractivity contribution in [3.63, 3.8) is 0 Å². The smallest absolute Gasteiger partial charge is 0.276 e. The Morgan fingerprint density at radius 2 is 2.35 bits per heavy atom. The zero-order valence-electron chi connectivity index (χ0n) is 10.1. The highest BCUT2D eigenvalue weighted by Gasteiger charge is 2.20. The molecule has 0 bridgehead atoms. The lowest BCUT2D eigenvalue weighted by Crippen LogP contribution is -2.36. The Balaban J connectivity index is 2.79. The zero-order valence-corrected chi connectivity index (χ0v) is 10.1. The van der Waals surface area contributed by atoms with Crippen LogP contribution in [0.15, 0.2) is 6.20 Å². The highest BCUT2D eigenvalue weighted by molar-refractivity contribution is 5.97. The van der Waals surface area contributed by atoms with Crippen molar-refractivity contribution in [2.45, 2.75) is 0 Å². The maximum Gasteiger partial charge on any atom is 0.276 e. The number of amides is 1. The van der Waals surface area contributed by atoms with E-state index in [9.17, 15) is 4.79 Å². The van der Waals surface area contributed by atoms with Crippen molar-refractivity contribution in [2.24, 2.45) is 7.05 Å². The van der Waals surface area contributed by atoms with Gasteiger partial charge in [-0.15, -0.1) is 0 Å². The number of aliphatic hydroxyl groups excluding tert-OH is 1. The van der Waals surface area contributed by atoms with E-state index >= 15 is 0 Å². The molecule has 7 heteroatoms. The number of nitrogens with zero attached hydrogens (tertiary/aromatic N) is 3. The third-order valence-electron chi connectivity index (χ3n) is 2.28. The fourth-order valence-electron chi connectivity index (χ4n) is 1.46. The number of carbonyl (C=O) groups excluding carboxylic acids is 1. The number of rotatable bonds is 6. The molecular formula is C10H18N4O3. The second kappa shape index (κ2) is 6.21. The van der Waals surface area contributed by atoms with Gasteiger partial charge < -0.3 is 20.5 Å². The fraction of sp³-hybridized carbons (Fsp3) is 0.600. The van der Waals surface area contributed by atoms with Crippen molar-refractivity contribution < 1.29 is 14.6 Å². The van der Waals surface area contributed by atoms with E-state index < -0.39 is 0 Å². The van der Waals surface area contributed by atoms with E-state index in [1.807, 2.05) is 0 Å². The summed E-state index contributed by atoms with van der Waals surface area (Å²) in [5, 5.41) is 12.9. The van der Waals surface area contributed by atoms with E-state index in [4.69, 9.17) is 15.6 Å². The number of hydrogen-bond donors (Lipinski definition) is 2. The van der Waals surface area contributed by atoms with E-state index in [-0.39, 0.29) is 24.8 Å². The Labute approximate surface area is 99.8 Å². The van der Waals surface area contributed by atoms with Crippen LogP contribution >= 0.6 is 0 Å². The van der Waals surface area contributed by atoms with Crippen molar-refractivity contribution in [1.82, 2.24) is 14.7 Å². The third-order valence-corrected chi connectivity index (χ3v) is 2.28. The van der Waals surface area contributed by atoms with Crippen LogP contribution < -0.4 is 5.73 Å². The number of ether oxygens (including phenoxy) is 1.